The summed E-state index contributed by atoms with van der Waals surface area (Å²) in [6, 6.07) is 14.3. The van der Waals surface area contributed by atoms with Crippen molar-refractivity contribution in [3.63, 3.8) is 0 Å². The topological polar surface area (TPSA) is 50.4 Å². The van der Waals surface area contributed by atoms with Gasteiger partial charge in [0.15, 0.2) is 0 Å². The third kappa shape index (κ3) is 5.20. The number of fused-ring (bicyclic) bond motifs is 1. The molecule has 1 fully saturated rings. The number of rotatable bonds is 7. The van der Waals surface area contributed by atoms with Gasteiger partial charge in [0.25, 0.3) is 0 Å². The second-order valence-electron chi connectivity index (χ2n) is 6.98. The molecule has 0 spiro atoms. The van der Waals surface area contributed by atoms with Crippen LogP contribution < -0.4 is 15.4 Å². The fourth-order valence-corrected chi connectivity index (χ4v) is 3.56. The Bertz CT molecular complexity index is 695. The molecular weight excluding hydrogens is 312 g/mol. The Kier molecular flexibility index (Phi) is 6.29. The first-order chi connectivity index (χ1) is 12.2. The lowest BCUT2D eigenvalue weighted by atomic mass is 9.84. The van der Waals surface area contributed by atoms with Crippen LogP contribution in [0.2, 0.25) is 0 Å². The molecule has 1 saturated heterocycles. The summed E-state index contributed by atoms with van der Waals surface area (Å²) >= 11 is 0. The summed E-state index contributed by atoms with van der Waals surface area (Å²) in [6.45, 7) is 5.39. The SMILES string of the molecule is CC(CC(=O)NCCOc1ccc2ccccc2c1)C1CCNCC1. The average molecular weight is 340 g/mol. The van der Waals surface area contributed by atoms with Gasteiger partial charge in [-0.25, -0.2) is 0 Å². The van der Waals surface area contributed by atoms with Gasteiger partial charge in [0, 0.05) is 6.42 Å². The van der Waals surface area contributed by atoms with Crippen molar-refractivity contribution in [1.29, 1.82) is 0 Å². The average Bonchev–Trinajstić information content (AvgIpc) is 2.66. The number of benzene rings is 2. The molecule has 1 atom stereocenters. The molecule has 0 aliphatic carbocycles. The highest BCUT2D eigenvalue weighted by Crippen LogP contribution is 2.24. The van der Waals surface area contributed by atoms with E-state index in [0.717, 1.165) is 18.8 Å². The van der Waals surface area contributed by atoms with Crippen molar-refractivity contribution >= 4 is 16.7 Å². The molecule has 0 saturated carbocycles. The van der Waals surface area contributed by atoms with Crippen LogP contribution in [0.4, 0.5) is 0 Å². The van der Waals surface area contributed by atoms with Crippen molar-refractivity contribution in [2.45, 2.75) is 26.2 Å². The van der Waals surface area contributed by atoms with Crippen LogP contribution in [-0.2, 0) is 4.79 Å². The number of hydrogen-bond acceptors (Lipinski definition) is 3. The Labute approximate surface area is 149 Å². The normalized spacial score (nSPS) is 16.5. The van der Waals surface area contributed by atoms with E-state index in [1.807, 2.05) is 24.3 Å². The predicted octanol–water partition coefficient (Wildman–Crippen LogP) is 3.36. The number of carbonyl (C=O) groups excluding carboxylic acids is 1. The van der Waals surface area contributed by atoms with E-state index in [1.165, 1.54) is 23.6 Å². The molecule has 0 aromatic heterocycles. The Morgan fingerprint density at radius 1 is 1.20 bits per heavy atom. The molecule has 1 aliphatic heterocycles. The van der Waals surface area contributed by atoms with Crippen molar-refractivity contribution < 1.29 is 9.53 Å². The van der Waals surface area contributed by atoms with E-state index in [1.54, 1.807) is 0 Å². The molecule has 2 aromatic rings. The number of amides is 1. The molecule has 2 aromatic carbocycles. The van der Waals surface area contributed by atoms with Gasteiger partial charge in [0.2, 0.25) is 5.91 Å². The molecule has 2 N–H and O–H groups in total. The molecule has 134 valence electrons. The molecule has 1 amide bonds. The zero-order valence-corrected chi connectivity index (χ0v) is 15.0. The van der Waals surface area contributed by atoms with Gasteiger partial charge in [-0.15, -0.1) is 0 Å². The highest BCUT2D eigenvalue weighted by atomic mass is 16.5. The summed E-state index contributed by atoms with van der Waals surface area (Å²) in [4.78, 5) is 12.1. The minimum Gasteiger partial charge on any atom is -0.492 e. The summed E-state index contributed by atoms with van der Waals surface area (Å²) in [6.07, 6.45) is 2.97. The van der Waals surface area contributed by atoms with Crippen LogP contribution in [0.15, 0.2) is 42.5 Å². The second-order valence-corrected chi connectivity index (χ2v) is 6.98. The molecule has 4 nitrogen and oxygen atoms in total. The number of hydrogen-bond donors (Lipinski definition) is 2. The number of carbonyl (C=O) groups is 1. The minimum atomic E-state index is 0.133. The van der Waals surface area contributed by atoms with Gasteiger partial charge < -0.3 is 15.4 Å². The van der Waals surface area contributed by atoms with E-state index >= 15 is 0 Å². The monoisotopic (exact) mass is 340 g/mol. The van der Waals surface area contributed by atoms with Gasteiger partial charge in [-0.3, -0.25) is 4.79 Å². The summed E-state index contributed by atoms with van der Waals surface area (Å²) in [5.74, 6) is 2.09. The van der Waals surface area contributed by atoms with Crippen LogP contribution >= 0.6 is 0 Å². The lowest BCUT2D eigenvalue weighted by Gasteiger charge is -2.27. The first kappa shape index (κ1) is 17.7. The van der Waals surface area contributed by atoms with Gasteiger partial charge >= 0.3 is 0 Å². The maximum atomic E-state index is 12.1. The first-order valence-corrected chi connectivity index (χ1v) is 9.31. The highest BCUT2D eigenvalue weighted by Gasteiger charge is 2.21. The largest absolute Gasteiger partial charge is 0.492 e. The fraction of sp³-hybridized carbons (Fsp3) is 0.476. The fourth-order valence-electron chi connectivity index (χ4n) is 3.56. The van der Waals surface area contributed by atoms with E-state index in [-0.39, 0.29) is 5.91 Å². The van der Waals surface area contributed by atoms with E-state index in [2.05, 4.69) is 35.8 Å². The summed E-state index contributed by atoms with van der Waals surface area (Å²) < 4.78 is 5.76. The molecule has 4 heteroatoms. The second kappa shape index (κ2) is 8.86. The summed E-state index contributed by atoms with van der Waals surface area (Å²) in [5.41, 5.74) is 0. The van der Waals surface area contributed by atoms with Crippen LogP contribution in [0.5, 0.6) is 5.75 Å². The lowest BCUT2D eigenvalue weighted by molar-refractivity contribution is -0.122. The van der Waals surface area contributed by atoms with Crippen LogP contribution in [0, 0.1) is 11.8 Å². The molecule has 25 heavy (non-hydrogen) atoms. The lowest BCUT2D eigenvalue weighted by Crippen LogP contribution is -2.34. The predicted molar refractivity (Wildman–Crippen MR) is 102 cm³/mol. The minimum absolute atomic E-state index is 0.133. The number of piperidine rings is 1. The quantitative estimate of drug-likeness (QED) is 0.760. The van der Waals surface area contributed by atoms with Crippen molar-refractivity contribution in [2.24, 2.45) is 11.8 Å². The molecular formula is C21H28N2O2. The number of nitrogens with one attached hydrogen (secondary N) is 2. The van der Waals surface area contributed by atoms with E-state index in [4.69, 9.17) is 4.74 Å². The summed E-state index contributed by atoms with van der Waals surface area (Å²) in [7, 11) is 0. The van der Waals surface area contributed by atoms with Gasteiger partial charge in [-0.05, 0) is 60.7 Å². The zero-order chi connectivity index (χ0) is 17.5. The van der Waals surface area contributed by atoms with E-state index in [9.17, 15) is 4.79 Å². The van der Waals surface area contributed by atoms with Crippen molar-refractivity contribution in [1.82, 2.24) is 10.6 Å². The zero-order valence-electron chi connectivity index (χ0n) is 15.0. The van der Waals surface area contributed by atoms with Crippen LogP contribution in [0.1, 0.15) is 26.2 Å². The summed E-state index contributed by atoms with van der Waals surface area (Å²) in [5, 5.41) is 8.73. The number of ether oxygens (including phenoxy) is 1. The van der Waals surface area contributed by atoms with Crippen molar-refractivity contribution in [3.05, 3.63) is 42.5 Å². The standard InChI is InChI=1S/C21H28N2O2/c1-16(17-8-10-22-11-9-17)14-21(24)23-12-13-25-20-7-6-18-4-2-3-5-19(18)15-20/h2-7,15-17,22H,8-14H2,1H3,(H,23,24). The van der Waals surface area contributed by atoms with Gasteiger partial charge in [-0.1, -0.05) is 37.3 Å². The maximum Gasteiger partial charge on any atom is 0.220 e. The first-order valence-electron chi connectivity index (χ1n) is 9.31. The van der Waals surface area contributed by atoms with Crippen molar-refractivity contribution in [2.75, 3.05) is 26.2 Å². The van der Waals surface area contributed by atoms with Crippen LogP contribution in [0.3, 0.4) is 0 Å². The Morgan fingerprint density at radius 2 is 1.96 bits per heavy atom. The molecule has 1 heterocycles. The Morgan fingerprint density at radius 3 is 2.76 bits per heavy atom. The maximum absolute atomic E-state index is 12.1. The highest BCUT2D eigenvalue weighted by molar-refractivity contribution is 5.83. The molecule has 3 rings (SSSR count). The van der Waals surface area contributed by atoms with Crippen molar-refractivity contribution in [3.8, 4) is 5.75 Å². The van der Waals surface area contributed by atoms with E-state index < -0.39 is 0 Å². The van der Waals surface area contributed by atoms with Crippen LogP contribution in [-0.4, -0.2) is 32.1 Å². The molecule has 1 unspecified atom stereocenters. The van der Waals surface area contributed by atoms with E-state index in [0.29, 0.717) is 31.4 Å². The Balaban J connectivity index is 1.37. The van der Waals surface area contributed by atoms with Gasteiger partial charge in [-0.2, -0.15) is 0 Å². The third-order valence-electron chi connectivity index (χ3n) is 5.11. The van der Waals surface area contributed by atoms with Gasteiger partial charge in [0.1, 0.15) is 12.4 Å². The smallest absolute Gasteiger partial charge is 0.220 e. The van der Waals surface area contributed by atoms with Gasteiger partial charge in [0.05, 0.1) is 6.54 Å². The third-order valence-corrected chi connectivity index (χ3v) is 5.11. The molecule has 0 bridgehead atoms. The van der Waals surface area contributed by atoms with Crippen LogP contribution in [0.25, 0.3) is 10.8 Å². The molecule has 1 aliphatic rings. The Hall–Kier alpha value is -2.07. The molecule has 0 radical (unpaired) electrons.